The standard InChI is InChI=1S/C27H37N3O3/c1-32-26-5-3-2-4-22(26)10-15-28-27(31)20-21-6-8-25(9-7-21)30-16-11-23(12-17-30)29-24-13-18-33-19-14-24/h2-9,23-24,29H,10-20H2,1H3,(H,28,31). The molecule has 0 radical (unpaired) electrons. The van der Waals surface area contributed by atoms with Crippen LogP contribution in [0.3, 0.4) is 0 Å². The Morgan fingerprint density at radius 3 is 2.42 bits per heavy atom. The lowest BCUT2D eigenvalue weighted by Gasteiger charge is -2.36. The predicted octanol–water partition coefficient (Wildman–Crippen LogP) is 3.33. The Kier molecular flexibility index (Phi) is 8.61. The van der Waals surface area contributed by atoms with E-state index in [2.05, 4.69) is 39.8 Å². The molecule has 0 unspecified atom stereocenters. The van der Waals surface area contributed by atoms with Crippen molar-refractivity contribution in [1.82, 2.24) is 10.6 Å². The molecular formula is C27H37N3O3. The third-order valence-electron chi connectivity index (χ3n) is 6.76. The lowest BCUT2D eigenvalue weighted by molar-refractivity contribution is -0.120. The Morgan fingerprint density at radius 1 is 1.00 bits per heavy atom. The van der Waals surface area contributed by atoms with E-state index in [1.807, 2.05) is 24.3 Å². The van der Waals surface area contributed by atoms with E-state index in [1.165, 1.54) is 18.5 Å². The van der Waals surface area contributed by atoms with Crippen molar-refractivity contribution in [2.45, 2.75) is 50.6 Å². The van der Waals surface area contributed by atoms with Crippen LogP contribution in [0, 0.1) is 0 Å². The van der Waals surface area contributed by atoms with Gasteiger partial charge in [-0.25, -0.2) is 0 Å². The molecule has 1 amide bonds. The molecule has 2 aliphatic heterocycles. The number of nitrogens with one attached hydrogen (secondary N) is 2. The Labute approximate surface area is 197 Å². The molecule has 0 spiro atoms. The van der Waals surface area contributed by atoms with Crippen LogP contribution in [0.15, 0.2) is 48.5 Å². The van der Waals surface area contributed by atoms with Gasteiger partial charge in [0.05, 0.1) is 13.5 Å². The Balaban J connectivity index is 1.18. The van der Waals surface area contributed by atoms with E-state index in [9.17, 15) is 4.79 Å². The maximum absolute atomic E-state index is 12.4. The van der Waals surface area contributed by atoms with Gasteiger partial charge in [-0.2, -0.15) is 0 Å². The van der Waals surface area contributed by atoms with Gasteiger partial charge in [0, 0.05) is 50.6 Å². The van der Waals surface area contributed by atoms with Gasteiger partial charge in [-0.15, -0.1) is 0 Å². The lowest BCUT2D eigenvalue weighted by atomic mass is 10.0. The molecule has 33 heavy (non-hydrogen) atoms. The summed E-state index contributed by atoms with van der Waals surface area (Å²) >= 11 is 0. The van der Waals surface area contributed by atoms with Gasteiger partial charge < -0.3 is 25.0 Å². The van der Waals surface area contributed by atoms with E-state index in [0.29, 0.717) is 25.0 Å². The van der Waals surface area contributed by atoms with Gasteiger partial charge in [-0.1, -0.05) is 30.3 Å². The number of ether oxygens (including phenoxy) is 2. The highest BCUT2D eigenvalue weighted by molar-refractivity contribution is 5.78. The topological polar surface area (TPSA) is 62.8 Å². The van der Waals surface area contributed by atoms with E-state index in [4.69, 9.17) is 9.47 Å². The first-order valence-electron chi connectivity index (χ1n) is 12.3. The minimum atomic E-state index is 0.0534. The van der Waals surface area contributed by atoms with Crippen molar-refractivity contribution < 1.29 is 14.3 Å². The van der Waals surface area contributed by atoms with Gasteiger partial charge in [0.1, 0.15) is 5.75 Å². The fourth-order valence-electron chi connectivity index (χ4n) is 4.82. The molecule has 2 aliphatic rings. The van der Waals surface area contributed by atoms with E-state index in [-0.39, 0.29) is 5.91 Å². The number of piperidine rings is 1. The van der Waals surface area contributed by atoms with Gasteiger partial charge in [0.25, 0.3) is 0 Å². The van der Waals surface area contributed by atoms with E-state index < -0.39 is 0 Å². The molecule has 0 aliphatic carbocycles. The lowest BCUT2D eigenvalue weighted by Crippen LogP contribution is -2.47. The number of para-hydroxylation sites is 1. The first-order valence-corrected chi connectivity index (χ1v) is 12.3. The van der Waals surface area contributed by atoms with Crippen molar-refractivity contribution in [3.8, 4) is 5.75 Å². The average Bonchev–Trinajstić information content (AvgIpc) is 2.86. The molecule has 6 heteroatoms. The molecule has 2 fully saturated rings. The maximum atomic E-state index is 12.4. The largest absolute Gasteiger partial charge is 0.496 e. The highest BCUT2D eigenvalue weighted by Crippen LogP contribution is 2.22. The number of anilines is 1. The predicted molar refractivity (Wildman–Crippen MR) is 132 cm³/mol. The molecule has 2 aromatic rings. The molecule has 2 saturated heterocycles. The van der Waals surface area contributed by atoms with Crippen molar-refractivity contribution in [1.29, 1.82) is 0 Å². The number of methoxy groups -OCH3 is 1. The van der Waals surface area contributed by atoms with Crippen molar-refractivity contribution in [2.24, 2.45) is 0 Å². The monoisotopic (exact) mass is 451 g/mol. The summed E-state index contributed by atoms with van der Waals surface area (Å²) in [6, 6.07) is 17.6. The zero-order chi connectivity index (χ0) is 22.9. The first kappa shape index (κ1) is 23.6. The summed E-state index contributed by atoms with van der Waals surface area (Å²) in [5.74, 6) is 0.920. The Morgan fingerprint density at radius 2 is 1.70 bits per heavy atom. The fraction of sp³-hybridized carbons (Fsp3) is 0.519. The molecule has 4 rings (SSSR count). The van der Waals surface area contributed by atoms with Crippen LogP contribution in [0.2, 0.25) is 0 Å². The summed E-state index contributed by atoms with van der Waals surface area (Å²) < 4.78 is 10.8. The van der Waals surface area contributed by atoms with Crippen LogP contribution in [0.25, 0.3) is 0 Å². The number of carbonyl (C=O) groups excluding carboxylic acids is 1. The normalized spacial score (nSPS) is 17.7. The molecule has 2 aromatic carbocycles. The van der Waals surface area contributed by atoms with Gasteiger partial charge in [0.2, 0.25) is 5.91 Å². The van der Waals surface area contributed by atoms with E-state index in [1.54, 1.807) is 7.11 Å². The summed E-state index contributed by atoms with van der Waals surface area (Å²) in [5, 5.41) is 6.86. The fourth-order valence-corrected chi connectivity index (χ4v) is 4.82. The molecule has 0 atom stereocenters. The smallest absolute Gasteiger partial charge is 0.224 e. The highest BCUT2D eigenvalue weighted by Gasteiger charge is 2.23. The molecule has 0 bridgehead atoms. The van der Waals surface area contributed by atoms with Crippen LogP contribution in [0.4, 0.5) is 5.69 Å². The Bertz CT molecular complexity index is 872. The molecule has 2 N–H and O–H groups in total. The van der Waals surface area contributed by atoms with Crippen LogP contribution in [-0.4, -0.2) is 57.9 Å². The number of nitrogens with zero attached hydrogens (tertiary/aromatic N) is 1. The second kappa shape index (κ2) is 12.1. The third kappa shape index (κ3) is 6.95. The van der Waals surface area contributed by atoms with Crippen molar-refractivity contribution in [3.05, 3.63) is 59.7 Å². The van der Waals surface area contributed by atoms with Gasteiger partial charge >= 0.3 is 0 Å². The summed E-state index contributed by atoms with van der Waals surface area (Å²) in [4.78, 5) is 14.8. The SMILES string of the molecule is COc1ccccc1CCNC(=O)Cc1ccc(N2CCC(NC3CCOCC3)CC2)cc1. The van der Waals surface area contributed by atoms with Crippen LogP contribution >= 0.6 is 0 Å². The van der Waals surface area contributed by atoms with Gasteiger partial charge in [-0.3, -0.25) is 4.79 Å². The zero-order valence-electron chi connectivity index (χ0n) is 19.7. The van der Waals surface area contributed by atoms with Crippen LogP contribution in [0.1, 0.15) is 36.8 Å². The minimum Gasteiger partial charge on any atom is -0.496 e. The van der Waals surface area contributed by atoms with E-state index >= 15 is 0 Å². The second-order valence-corrected chi connectivity index (χ2v) is 9.07. The Hall–Kier alpha value is -2.57. The van der Waals surface area contributed by atoms with Gasteiger partial charge in [0.15, 0.2) is 0 Å². The van der Waals surface area contributed by atoms with Crippen LogP contribution in [-0.2, 0) is 22.4 Å². The number of hydrogen-bond acceptors (Lipinski definition) is 5. The summed E-state index contributed by atoms with van der Waals surface area (Å²) in [5.41, 5.74) is 3.40. The molecule has 0 saturated carbocycles. The summed E-state index contributed by atoms with van der Waals surface area (Å²) in [7, 11) is 1.67. The minimum absolute atomic E-state index is 0.0534. The second-order valence-electron chi connectivity index (χ2n) is 9.07. The van der Waals surface area contributed by atoms with Crippen LogP contribution in [0.5, 0.6) is 5.75 Å². The summed E-state index contributed by atoms with van der Waals surface area (Å²) in [6.45, 7) is 4.53. The zero-order valence-corrected chi connectivity index (χ0v) is 19.7. The molecule has 178 valence electrons. The number of carbonyl (C=O) groups is 1. The highest BCUT2D eigenvalue weighted by atomic mass is 16.5. The van der Waals surface area contributed by atoms with Crippen molar-refractivity contribution >= 4 is 11.6 Å². The maximum Gasteiger partial charge on any atom is 0.224 e. The molecule has 2 heterocycles. The number of hydrogen-bond donors (Lipinski definition) is 2. The van der Waals surface area contributed by atoms with Crippen molar-refractivity contribution in [2.75, 3.05) is 44.9 Å². The molecular weight excluding hydrogens is 414 g/mol. The average molecular weight is 452 g/mol. The summed E-state index contributed by atoms with van der Waals surface area (Å²) in [6.07, 6.45) is 5.78. The molecule has 0 aromatic heterocycles. The quantitative estimate of drug-likeness (QED) is 0.612. The number of amides is 1. The van der Waals surface area contributed by atoms with E-state index in [0.717, 1.165) is 62.4 Å². The third-order valence-corrected chi connectivity index (χ3v) is 6.76. The van der Waals surface area contributed by atoms with Crippen LogP contribution < -0.4 is 20.3 Å². The number of rotatable bonds is 9. The van der Waals surface area contributed by atoms with Gasteiger partial charge in [-0.05, 0) is 61.4 Å². The first-order chi connectivity index (χ1) is 16.2. The van der Waals surface area contributed by atoms with Crippen molar-refractivity contribution in [3.63, 3.8) is 0 Å². The molecule has 6 nitrogen and oxygen atoms in total. The number of benzene rings is 2.